The molecule has 0 bridgehead atoms. The van der Waals surface area contributed by atoms with Crippen LogP contribution in [0.25, 0.3) is 38.6 Å². The second-order valence-electron chi connectivity index (χ2n) is 8.84. The van der Waals surface area contributed by atoms with Crippen molar-refractivity contribution in [1.29, 1.82) is 0 Å². The van der Waals surface area contributed by atoms with Gasteiger partial charge in [0.25, 0.3) is 0 Å². The van der Waals surface area contributed by atoms with Crippen molar-refractivity contribution in [2.45, 2.75) is 34.1 Å². The second kappa shape index (κ2) is 10.5. The molecule has 0 radical (unpaired) electrons. The van der Waals surface area contributed by atoms with Gasteiger partial charge in [-0.1, -0.05) is 55.5 Å². The summed E-state index contributed by atoms with van der Waals surface area (Å²) < 4.78 is 12.8. The van der Waals surface area contributed by atoms with Gasteiger partial charge in [0.05, 0.1) is 46.8 Å². The monoisotopic (exact) mass is 507 g/mol. The van der Waals surface area contributed by atoms with E-state index in [9.17, 15) is 9.59 Å². The molecule has 2 aromatic heterocycles. The standard InChI is InChI=1S/C31H29N3O4/c1-5-24-28(31(36)38-7-3)27(25-19(4)33-34(29(25)32-24)21-15-9-8-10-16-21)22-17-11-13-20-14-12-18-23(26(20)22)30(35)37-6-2/h8-18H,5-7H2,1-4H3. The van der Waals surface area contributed by atoms with E-state index in [2.05, 4.69) is 0 Å². The molecule has 0 aliphatic heterocycles. The third-order valence-electron chi connectivity index (χ3n) is 6.55. The molecule has 0 unspecified atom stereocenters. The van der Waals surface area contributed by atoms with Crippen molar-refractivity contribution in [2.24, 2.45) is 0 Å². The number of ether oxygens (including phenoxy) is 2. The van der Waals surface area contributed by atoms with Crippen LogP contribution in [0.4, 0.5) is 0 Å². The van der Waals surface area contributed by atoms with Gasteiger partial charge in [-0.15, -0.1) is 0 Å². The molecule has 0 amide bonds. The number of fused-ring (bicyclic) bond motifs is 2. The summed E-state index contributed by atoms with van der Waals surface area (Å²) in [4.78, 5) is 31.5. The molecule has 0 aliphatic carbocycles. The summed E-state index contributed by atoms with van der Waals surface area (Å²) in [5.74, 6) is -0.868. The zero-order valence-electron chi connectivity index (χ0n) is 21.9. The van der Waals surface area contributed by atoms with E-state index in [0.717, 1.165) is 22.0 Å². The third-order valence-corrected chi connectivity index (χ3v) is 6.55. The minimum Gasteiger partial charge on any atom is -0.462 e. The fourth-order valence-electron chi connectivity index (χ4n) is 4.99. The highest BCUT2D eigenvalue weighted by atomic mass is 16.5. The fourth-order valence-corrected chi connectivity index (χ4v) is 4.99. The summed E-state index contributed by atoms with van der Waals surface area (Å²) in [6, 6.07) is 21.1. The molecule has 0 saturated carbocycles. The van der Waals surface area contributed by atoms with Crippen LogP contribution < -0.4 is 0 Å². The highest BCUT2D eigenvalue weighted by molar-refractivity contribution is 6.17. The van der Waals surface area contributed by atoms with Crippen molar-refractivity contribution in [3.8, 4) is 16.8 Å². The minimum absolute atomic E-state index is 0.228. The van der Waals surface area contributed by atoms with E-state index in [4.69, 9.17) is 19.6 Å². The number of hydrogen-bond acceptors (Lipinski definition) is 6. The number of para-hydroxylation sites is 1. The Hall–Kier alpha value is -4.52. The van der Waals surface area contributed by atoms with Gasteiger partial charge in [-0.2, -0.15) is 5.10 Å². The fraction of sp³-hybridized carbons (Fsp3) is 0.226. The van der Waals surface area contributed by atoms with E-state index in [-0.39, 0.29) is 13.2 Å². The van der Waals surface area contributed by atoms with Crippen LogP contribution in [0.1, 0.15) is 52.9 Å². The number of aryl methyl sites for hydroxylation is 2. The lowest BCUT2D eigenvalue weighted by atomic mass is 9.89. The summed E-state index contributed by atoms with van der Waals surface area (Å²) in [6.45, 7) is 7.92. The molecule has 0 atom stereocenters. The highest BCUT2D eigenvalue weighted by Crippen LogP contribution is 2.41. The maximum Gasteiger partial charge on any atom is 0.340 e. The van der Waals surface area contributed by atoms with Crippen LogP contribution >= 0.6 is 0 Å². The van der Waals surface area contributed by atoms with Gasteiger partial charge in [0.2, 0.25) is 0 Å². The smallest absolute Gasteiger partial charge is 0.340 e. The zero-order chi connectivity index (χ0) is 26.8. The molecular weight excluding hydrogens is 478 g/mol. The Kier molecular flexibility index (Phi) is 6.92. The molecule has 0 aliphatic rings. The van der Waals surface area contributed by atoms with E-state index in [1.165, 1.54) is 0 Å². The second-order valence-corrected chi connectivity index (χ2v) is 8.84. The molecule has 192 valence electrons. The Morgan fingerprint density at radius 1 is 0.816 bits per heavy atom. The molecule has 5 rings (SSSR count). The van der Waals surface area contributed by atoms with Gasteiger partial charge in [0.1, 0.15) is 0 Å². The molecular formula is C31H29N3O4. The summed E-state index contributed by atoms with van der Waals surface area (Å²) in [5, 5.41) is 7.15. The Bertz CT molecular complexity index is 1670. The Morgan fingerprint density at radius 2 is 1.50 bits per heavy atom. The Morgan fingerprint density at radius 3 is 2.18 bits per heavy atom. The maximum absolute atomic E-state index is 13.5. The van der Waals surface area contributed by atoms with E-state index in [0.29, 0.717) is 45.5 Å². The van der Waals surface area contributed by atoms with Crippen LogP contribution in [0.15, 0.2) is 66.7 Å². The van der Waals surface area contributed by atoms with Crippen molar-refractivity contribution in [3.05, 3.63) is 89.2 Å². The number of benzene rings is 3. The van der Waals surface area contributed by atoms with E-state index >= 15 is 0 Å². The van der Waals surface area contributed by atoms with Crippen LogP contribution in [0.5, 0.6) is 0 Å². The molecule has 0 fully saturated rings. The predicted octanol–water partition coefficient (Wildman–Crippen LogP) is 6.46. The number of aromatic nitrogens is 3. The topological polar surface area (TPSA) is 83.3 Å². The van der Waals surface area contributed by atoms with Gasteiger partial charge in [-0.3, -0.25) is 0 Å². The van der Waals surface area contributed by atoms with E-state index in [1.54, 1.807) is 24.6 Å². The van der Waals surface area contributed by atoms with Crippen molar-refractivity contribution >= 4 is 33.7 Å². The molecule has 0 spiro atoms. The van der Waals surface area contributed by atoms with Gasteiger partial charge in [-0.25, -0.2) is 19.3 Å². The number of hydrogen-bond donors (Lipinski definition) is 0. The van der Waals surface area contributed by atoms with Crippen molar-refractivity contribution in [1.82, 2.24) is 14.8 Å². The quantitative estimate of drug-likeness (QED) is 0.235. The lowest BCUT2D eigenvalue weighted by Gasteiger charge is -2.18. The average molecular weight is 508 g/mol. The van der Waals surface area contributed by atoms with Crippen LogP contribution in [0.2, 0.25) is 0 Å². The maximum atomic E-state index is 13.5. The Labute approximate surface area is 221 Å². The first-order valence-electron chi connectivity index (χ1n) is 12.8. The molecule has 5 aromatic rings. The van der Waals surface area contributed by atoms with Gasteiger partial charge >= 0.3 is 11.9 Å². The molecule has 7 heteroatoms. The van der Waals surface area contributed by atoms with Crippen LogP contribution in [0.3, 0.4) is 0 Å². The normalized spacial score (nSPS) is 11.2. The van der Waals surface area contributed by atoms with Crippen molar-refractivity contribution in [3.63, 3.8) is 0 Å². The summed E-state index contributed by atoms with van der Waals surface area (Å²) in [5.41, 5.74) is 5.03. The number of nitrogens with zero attached hydrogens (tertiary/aromatic N) is 3. The summed E-state index contributed by atoms with van der Waals surface area (Å²) in [7, 11) is 0. The zero-order valence-corrected chi connectivity index (χ0v) is 21.9. The average Bonchev–Trinajstić information content (AvgIpc) is 3.27. The van der Waals surface area contributed by atoms with Crippen LogP contribution in [-0.2, 0) is 15.9 Å². The Balaban J connectivity index is 1.97. The van der Waals surface area contributed by atoms with Crippen molar-refractivity contribution < 1.29 is 19.1 Å². The molecule has 0 saturated heterocycles. The minimum atomic E-state index is -0.453. The van der Waals surface area contributed by atoms with Gasteiger partial charge in [0.15, 0.2) is 5.65 Å². The number of carbonyl (C=O) groups excluding carboxylic acids is 2. The van der Waals surface area contributed by atoms with E-state index < -0.39 is 11.9 Å². The van der Waals surface area contributed by atoms with Crippen LogP contribution in [-0.4, -0.2) is 39.9 Å². The number of pyridine rings is 1. The number of carbonyl (C=O) groups is 2. The lowest BCUT2D eigenvalue weighted by Crippen LogP contribution is -2.13. The van der Waals surface area contributed by atoms with Gasteiger partial charge in [0, 0.05) is 10.9 Å². The third kappa shape index (κ3) is 4.20. The van der Waals surface area contributed by atoms with E-state index in [1.807, 2.05) is 74.5 Å². The van der Waals surface area contributed by atoms with Crippen molar-refractivity contribution in [2.75, 3.05) is 13.2 Å². The first-order valence-corrected chi connectivity index (χ1v) is 12.8. The molecule has 38 heavy (non-hydrogen) atoms. The number of esters is 2. The summed E-state index contributed by atoms with van der Waals surface area (Å²) >= 11 is 0. The SMILES string of the molecule is CCOC(=O)c1c(CC)nc2c(c(C)nn2-c2ccccc2)c1-c1cccc2cccc(C(=O)OCC)c12. The van der Waals surface area contributed by atoms with Gasteiger partial charge < -0.3 is 9.47 Å². The first kappa shape index (κ1) is 25.1. The highest BCUT2D eigenvalue weighted by Gasteiger charge is 2.28. The molecule has 0 N–H and O–H groups in total. The number of rotatable bonds is 7. The predicted molar refractivity (Wildman–Crippen MR) is 148 cm³/mol. The molecule has 7 nitrogen and oxygen atoms in total. The lowest BCUT2D eigenvalue weighted by molar-refractivity contribution is 0.0518. The van der Waals surface area contributed by atoms with Gasteiger partial charge in [-0.05, 0) is 56.3 Å². The first-order chi connectivity index (χ1) is 18.5. The molecule has 2 heterocycles. The largest absolute Gasteiger partial charge is 0.462 e. The molecule has 3 aromatic carbocycles. The summed E-state index contributed by atoms with van der Waals surface area (Å²) in [6.07, 6.45) is 0.506. The van der Waals surface area contributed by atoms with Crippen LogP contribution in [0, 0.1) is 6.92 Å².